The van der Waals surface area contributed by atoms with E-state index in [2.05, 4.69) is 74.6 Å². The van der Waals surface area contributed by atoms with Crippen LogP contribution >= 0.6 is 0 Å². The van der Waals surface area contributed by atoms with Gasteiger partial charge in [0.1, 0.15) is 25.0 Å². The summed E-state index contributed by atoms with van der Waals surface area (Å²) >= 11 is 0. The van der Waals surface area contributed by atoms with Crippen LogP contribution in [0.2, 0.25) is 0 Å². The van der Waals surface area contributed by atoms with Gasteiger partial charge in [0, 0.05) is 37.3 Å². The molecule has 0 aromatic carbocycles. The minimum atomic E-state index is -1.05. The standard InChI is InChI=1S/C42H80N2O8/c1-27(41(14,15)32(47)23-39(10,11)42(16,17)33(52-29(3)45)24-38(7,8)9)35(43-18)50-25-30(46)26-51-36(49)28(2)40(12,13)31(22-37(4,5)6)44-21-19-20-34(44)48/h27-28,30-33,35,43,46-47H,19-26H2,1-18H3. The van der Waals surface area contributed by atoms with Crippen molar-refractivity contribution in [3.05, 3.63) is 0 Å². The molecule has 3 N–H and O–H groups in total. The first-order chi connectivity index (χ1) is 23.3. The number of nitrogens with one attached hydrogen (secondary N) is 1. The van der Waals surface area contributed by atoms with Crippen LogP contribution in [0.4, 0.5) is 0 Å². The number of carbonyl (C=O) groups excluding carboxylic acids is 3. The molecule has 10 nitrogen and oxygen atoms in total. The summed E-state index contributed by atoms with van der Waals surface area (Å²) in [7, 11) is 1.78. The van der Waals surface area contributed by atoms with Crippen molar-refractivity contribution in [3.63, 3.8) is 0 Å². The van der Waals surface area contributed by atoms with E-state index in [1.165, 1.54) is 6.92 Å². The number of carbonyl (C=O) groups is 3. The van der Waals surface area contributed by atoms with Gasteiger partial charge in [-0.3, -0.25) is 19.7 Å². The lowest BCUT2D eigenvalue weighted by Gasteiger charge is -2.50. The molecule has 1 aliphatic rings. The number of ether oxygens (including phenoxy) is 3. The fraction of sp³-hybridized carbons (Fsp3) is 0.929. The van der Waals surface area contributed by atoms with Gasteiger partial charge in [-0.2, -0.15) is 0 Å². The number of aliphatic hydroxyl groups excluding tert-OH is 2. The van der Waals surface area contributed by atoms with Crippen LogP contribution in [0.25, 0.3) is 0 Å². The third-order valence-corrected chi connectivity index (χ3v) is 12.6. The molecular weight excluding hydrogens is 660 g/mol. The van der Waals surface area contributed by atoms with Crippen molar-refractivity contribution in [2.75, 3.05) is 26.8 Å². The van der Waals surface area contributed by atoms with E-state index in [-0.39, 0.29) is 54.0 Å². The van der Waals surface area contributed by atoms with Crippen LogP contribution in [0.1, 0.15) is 150 Å². The predicted octanol–water partition coefficient (Wildman–Crippen LogP) is 7.38. The van der Waals surface area contributed by atoms with Crippen LogP contribution in [-0.2, 0) is 28.6 Å². The smallest absolute Gasteiger partial charge is 0.309 e. The second-order valence-electron chi connectivity index (χ2n) is 20.6. The maximum Gasteiger partial charge on any atom is 0.309 e. The average molecular weight is 741 g/mol. The van der Waals surface area contributed by atoms with Gasteiger partial charge >= 0.3 is 11.9 Å². The van der Waals surface area contributed by atoms with E-state index in [1.54, 1.807) is 7.05 Å². The minimum Gasteiger partial charge on any atom is -0.463 e. The van der Waals surface area contributed by atoms with Gasteiger partial charge in [0.05, 0.1) is 18.6 Å². The predicted molar refractivity (Wildman–Crippen MR) is 208 cm³/mol. The molecule has 0 aromatic rings. The van der Waals surface area contributed by atoms with Crippen LogP contribution in [-0.4, -0.2) is 90.3 Å². The van der Waals surface area contributed by atoms with Crippen molar-refractivity contribution in [2.45, 2.75) is 180 Å². The maximum absolute atomic E-state index is 13.4. The molecule has 0 spiro atoms. The molecule has 1 rings (SSSR count). The van der Waals surface area contributed by atoms with Crippen LogP contribution in [0.15, 0.2) is 0 Å². The highest BCUT2D eigenvalue weighted by Gasteiger charge is 2.50. The van der Waals surface area contributed by atoms with E-state index >= 15 is 0 Å². The Kier molecular flexibility index (Phi) is 16.9. The van der Waals surface area contributed by atoms with Crippen molar-refractivity contribution in [1.29, 1.82) is 0 Å². The first-order valence-corrected chi connectivity index (χ1v) is 19.6. The first-order valence-electron chi connectivity index (χ1n) is 19.6. The van der Waals surface area contributed by atoms with Crippen molar-refractivity contribution in [2.24, 2.45) is 44.3 Å². The molecule has 0 aliphatic carbocycles. The Morgan fingerprint density at radius 1 is 0.827 bits per heavy atom. The quantitative estimate of drug-likeness (QED) is 0.0864. The molecule has 1 fully saturated rings. The summed E-state index contributed by atoms with van der Waals surface area (Å²) in [5, 5.41) is 25.9. The van der Waals surface area contributed by atoms with Gasteiger partial charge in [-0.15, -0.1) is 0 Å². The summed E-state index contributed by atoms with van der Waals surface area (Å²) in [6.07, 6.45) is 0.672. The number of esters is 2. The van der Waals surface area contributed by atoms with Crippen molar-refractivity contribution in [3.8, 4) is 0 Å². The summed E-state index contributed by atoms with van der Waals surface area (Å²) < 4.78 is 17.7. The van der Waals surface area contributed by atoms with Gasteiger partial charge in [-0.1, -0.05) is 111 Å². The lowest BCUT2D eigenvalue weighted by molar-refractivity contribution is -0.166. The molecule has 1 saturated heterocycles. The zero-order valence-electron chi connectivity index (χ0n) is 36.5. The van der Waals surface area contributed by atoms with Crippen molar-refractivity contribution < 1.29 is 38.8 Å². The number of nitrogens with zero attached hydrogens (tertiary/aromatic N) is 1. The SMILES string of the molecule is CNC(OCC(O)COC(=O)C(C)C(C)(C)C(CC(C)(C)C)N1CCCC1=O)C(C)C(C)(C)C(O)CC(C)(C)C(C)(C)C(CC(C)(C)C)OC(C)=O. The molecular formula is C42H80N2O8. The topological polar surface area (TPSA) is 135 Å². The Morgan fingerprint density at radius 3 is 1.81 bits per heavy atom. The van der Waals surface area contributed by atoms with Gasteiger partial charge in [0.15, 0.2) is 0 Å². The molecule has 1 amide bonds. The summed E-state index contributed by atoms with van der Waals surface area (Å²) in [6, 6.07) is -0.120. The first kappa shape index (κ1) is 48.3. The van der Waals surface area contributed by atoms with Gasteiger partial charge in [0.2, 0.25) is 5.91 Å². The molecule has 306 valence electrons. The van der Waals surface area contributed by atoms with Crippen LogP contribution in [0.5, 0.6) is 0 Å². The zero-order valence-corrected chi connectivity index (χ0v) is 36.5. The van der Waals surface area contributed by atoms with Gasteiger partial charge in [-0.05, 0) is 59.8 Å². The maximum atomic E-state index is 13.4. The van der Waals surface area contributed by atoms with Gasteiger partial charge in [-0.25, -0.2) is 0 Å². The van der Waals surface area contributed by atoms with Gasteiger partial charge < -0.3 is 29.3 Å². The second-order valence-corrected chi connectivity index (χ2v) is 20.6. The summed E-state index contributed by atoms with van der Waals surface area (Å²) in [6.45, 7) is 35.1. The molecule has 10 heteroatoms. The van der Waals surface area contributed by atoms with E-state index in [0.717, 1.165) is 12.8 Å². The normalized spacial score (nSPS) is 19.5. The summed E-state index contributed by atoms with van der Waals surface area (Å²) in [5.74, 6) is -1.29. The number of amides is 1. The van der Waals surface area contributed by atoms with Gasteiger partial charge in [0.25, 0.3) is 0 Å². The van der Waals surface area contributed by atoms with E-state index < -0.39 is 52.0 Å². The highest BCUT2D eigenvalue weighted by Crippen LogP contribution is 2.51. The van der Waals surface area contributed by atoms with Crippen LogP contribution in [0, 0.1) is 44.3 Å². The highest BCUT2D eigenvalue weighted by molar-refractivity contribution is 5.79. The number of likely N-dealkylation sites (tertiary alicyclic amines) is 1. The molecule has 0 bridgehead atoms. The lowest BCUT2D eigenvalue weighted by Crippen LogP contribution is -2.52. The third kappa shape index (κ3) is 13.2. The van der Waals surface area contributed by atoms with E-state index in [9.17, 15) is 24.6 Å². The molecule has 0 radical (unpaired) electrons. The number of hydrogen-bond donors (Lipinski definition) is 3. The monoisotopic (exact) mass is 741 g/mol. The molecule has 52 heavy (non-hydrogen) atoms. The van der Waals surface area contributed by atoms with Crippen LogP contribution < -0.4 is 5.32 Å². The molecule has 7 unspecified atom stereocenters. The molecule has 0 saturated carbocycles. The Bertz CT molecular complexity index is 1170. The fourth-order valence-electron chi connectivity index (χ4n) is 7.33. The number of hydrogen-bond acceptors (Lipinski definition) is 9. The largest absolute Gasteiger partial charge is 0.463 e. The number of aliphatic hydroxyl groups is 2. The van der Waals surface area contributed by atoms with E-state index in [0.29, 0.717) is 25.8 Å². The van der Waals surface area contributed by atoms with E-state index in [1.807, 2.05) is 46.4 Å². The average Bonchev–Trinajstić information content (AvgIpc) is 3.41. The second kappa shape index (κ2) is 18.3. The zero-order chi connectivity index (χ0) is 40.8. The fourth-order valence-corrected chi connectivity index (χ4v) is 7.33. The number of rotatable bonds is 20. The van der Waals surface area contributed by atoms with E-state index in [4.69, 9.17) is 14.2 Å². The Balaban J connectivity index is 2.95. The summed E-state index contributed by atoms with van der Waals surface area (Å²) in [5.41, 5.74) is -2.12. The van der Waals surface area contributed by atoms with Crippen LogP contribution in [0.3, 0.4) is 0 Å². The summed E-state index contributed by atoms with van der Waals surface area (Å²) in [4.78, 5) is 40.2. The van der Waals surface area contributed by atoms with Crippen molar-refractivity contribution >= 4 is 17.8 Å². The Morgan fingerprint density at radius 2 is 1.37 bits per heavy atom. The molecule has 1 aliphatic heterocycles. The highest BCUT2D eigenvalue weighted by atomic mass is 16.6. The Labute approximate surface area is 317 Å². The Hall–Kier alpha value is -1.75. The minimum absolute atomic E-state index is 0.0409. The third-order valence-electron chi connectivity index (χ3n) is 12.6. The van der Waals surface area contributed by atoms with Crippen molar-refractivity contribution in [1.82, 2.24) is 10.2 Å². The molecule has 1 heterocycles. The molecule has 7 atom stereocenters. The lowest BCUT2D eigenvalue weighted by atomic mass is 9.58. The molecule has 0 aromatic heterocycles.